The van der Waals surface area contributed by atoms with Crippen LogP contribution in [0.1, 0.15) is 41.0 Å². The monoisotopic (exact) mass is 317 g/mol. The Labute approximate surface area is 144 Å². The smallest absolute Gasteiger partial charge is 0.210 e. The SMILES string of the molecule is C=C/C=C(\C=C)CN(C=O)C/C(C=C)=C/C=C\C.CC.CCC. The van der Waals surface area contributed by atoms with Gasteiger partial charge >= 0.3 is 0 Å². The fraction of sp³-hybridized carbons (Fsp3) is 0.381. The number of allylic oxidation sites excluding steroid dienone is 5. The minimum Gasteiger partial charge on any atom is -0.337 e. The molecule has 0 bridgehead atoms. The second-order valence-corrected chi connectivity index (χ2v) is 4.37. The van der Waals surface area contributed by atoms with Crippen molar-refractivity contribution >= 4 is 6.41 Å². The normalized spacial score (nSPS) is 10.7. The van der Waals surface area contributed by atoms with Crippen molar-refractivity contribution in [2.75, 3.05) is 13.1 Å². The zero-order valence-corrected chi connectivity index (χ0v) is 15.7. The van der Waals surface area contributed by atoms with Gasteiger partial charge in [0.1, 0.15) is 0 Å². The van der Waals surface area contributed by atoms with Gasteiger partial charge in [0.25, 0.3) is 0 Å². The predicted octanol–water partition coefficient (Wildman–Crippen LogP) is 5.87. The van der Waals surface area contributed by atoms with Crippen LogP contribution in [-0.2, 0) is 4.79 Å². The van der Waals surface area contributed by atoms with Gasteiger partial charge in [0, 0.05) is 13.1 Å². The lowest BCUT2D eigenvalue weighted by Crippen LogP contribution is -2.26. The van der Waals surface area contributed by atoms with Crippen LogP contribution in [0.4, 0.5) is 0 Å². The maximum Gasteiger partial charge on any atom is 0.210 e. The highest BCUT2D eigenvalue weighted by Crippen LogP contribution is 2.04. The van der Waals surface area contributed by atoms with Gasteiger partial charge in [0.05, 0.1) is 0 Å². The Morgan fingerprint density at radius 3 is 1.70 bits per heavy atom. The average molecular weight is 318 g/mol. The quantitative estimate of drug-likeness (QED) is 0.384. The molecule has 2 heteroatoms. The topological polar surface area (TPSA) is 20.3 Å². The van der Waals surface area contributed by atoms with E-state index in [1.807, 2.05) is 45.1 Å². The molecule has 0 aliphatic rings. The van der Waals surface area contributed by atoms with Gasteiger partial charge in [-0.2, -0.15) is 0 Å². The van der Waals surface area contributed by atoms with Crippen LogP contribution in [0.15, 0.2) is 73.4 Å². The minimum atomic E-state index is 0.514. The number of carbonyl (C=O) groups is 1. The molecule has 23 heavy (non-hydrogen) atoms. The lowest BCUT2D eigenvalue weighted by Gasteiger charge is -2.18. The lowest BCUT2D eigenvalue weighted by atomic mass is 10.2. The molecule has 0 aromatic rings. The first kappa shape index (κ1) is 25.8. The molecule has 2 nitrogen and oxygen atoms in total. The summed E-state index contributed by atoms with van der Waals surface area (Å²) in [6, 6.07) is 0. The molecule has 0 heterocycles. The molecule has 0 saturated carbocycles. The van der Waals surface area contributed by atoms with Crippen LogP contribution in [0.25, 0.3) is 0 Å². The van der Waals surface area contributed by atoms with E-state index in [1.165, 1.54) is 6.42 Å². The van der Waals surface area contributed by atoms with E-state index in [9.17, 15) is 4.79 Å². The summed E-state index contributed by atoms with van der Waals surface area (Å²) in [6.45, 7) is 22.3. The Morgan fingerprint density at radius 2 is 1.39 bits per heavy atom. The molecule has 0 unspecified atom stereocenters. The summed E-state index contributed by atoms with van der Waals surface area (Å²) in [5, 5.41) is 0. The molecule has 0 radical (unpaired) electrons. The first-order chi connectivity index (χ1) is 11.1. The van der Waals surface area contributed by atoms with Crippen molar-refractivity contribution < 1.29 is 4.79 Å². The second kappa shape index (κ2) is 22.2. The molecule has 0 aromatic carbocycles. The Kier molecular flexibility index (Phi) is 24.9. The minimum absolute atomic E-state index is 0.514. The van der Waals surface area contributed by atoms with E-state index in [-0.39, 0.29) is 0 Å². The number of hydrogen-bond donors (Lipinski definition) is 0. The second-order valence-electron chi connectivity index (χ2n) is 4.37. The van der Waals surface area contributed by atoms with Gasteiger partial charge in [-0.3, -0.25) is 4.79 Å². The van der Waals surface area contributed by atoms with E-state index in [4.69, 9.17) is 0 Å². The Morgan fingerprint density at radius 1 is 0.957 bits per heavy atom. The lowest BCUT2D eigenvalue weighted by molar-refractivity contribution is -0.117. The van der Waals surface area contributed by atoms with Crippen molar-refractivity contribution in [2.45, 2.75) is 41.0 Å². The summed E-state index contributed by atoms with van der Waals surface area (Å²) in [7, 11) is 0. The molecular weight excluding hydrogens is 282 g/mol. The number of hydrogen-bond acceptors (Lipinski definition) is 1. The van der Waals surface area contributed by atoms with Gasteiger partial charge in [-0.15, -0.1) is 0 Å². The summed E-state index contributed by atoms with van der Waals surface area (Å²) in [5.41, 5.74) is 1.94. The van der Waals surface area contributed by atoms with Gasteiger partial charge in [-0.1, -0.05) is 96.4 Å². The molecule has 0 rings (SSSR count). The van der Waals surface area contributed by atoms with Crippen molar-refractivity contribution in [1.82, 2.24) is 4.90 Å². The largest absolute Gasteiger partial charge is 0.337 e. The maximum absolute atomic E-state index is 11.0. The van der Waals surface area contributed by atoms with Crippen LogP contribution in [-0.4, -0.2) is 24.4 Å². The molecule has 0 aromatic heterocycles. The zero-order chi connectivity index (χ0) is 18.5. The Bertz CT molecular complexity index is 400. The van der Waals surface area contributed by atoms with Crippen LogP contribution < -0.4 is 0 Å². The highest BCUT2D eigenvalue weighted by atomic mass is 16.1. The molecule has 0 N–H and O–H groups in total. The van der Waals surface area contributed by atoms with Crippen LogP contribution in [0.2, 0.25) is 0 Å². The highest BCUT2D eigenvalue weighted by molar-refractivity contribution is 5.50. The first-order valence-electron chi connectivity index (χ1n) is 8.20. The Hall–Kier alpha value is -2.09. The Balaban J connectivity index is -0.000000710. The van der Waals surface area contributed by atoms with E-state index in [1.54, 1.807) is 23.1 Å². The van der Waals surface area contributed by atoms with Gasteiger partial charge in [0.2, 0.25) is 6.41 Å². The molecule has 130 valence electrons. The van der Waals surface area contributed by atoms with Crippen molar-refractivity contribution in [3.05, 3.63) is 73.4 Å². The summed E-state index contributed by atoms with van der Waals surface area (Å²) in [5.74, 6) is 0. The van der Waals surface area contributed by atoms with Crippen molar-refractivity contribution in [3.63, 3.8) is 0 Å². The molecule has 0 aliphatic heterocycles. The summed E-state index contributed by atoms with van der Waals surface area (Å²) < 4.78 is 0. The van der Waals surface area contributed by atoms with Crippen molar-refractivity contribution in [2.24, 2.45) is 0 Å². The number of carbonyl (C=O) groups excluding carboxylic acids is 1. The summed E-state index contributed by atoms with van der Waals surface area (Å²) in [4.78, 5) is 12.7. The fourth-order valence-electron chi connectivity index (χ4n) is 1.34. The zero-order valence-electron chi connectivity index (χ0n) is 15.7. The van der Waals surface area contributed by atoms with E-state index in [0.29, 0.717) is 13.1 Å². The van der Waals surface area contributed by atoms with Crippen LogP contribution in [0.3, 0.4) is 0 Å². The van der Waals surface area contributed by atoms with Crippen LogP contribution >= 0.6 is 0 Å². The van der Waals surface area contributed by atoms with Gasteiger partial charge in [-0.25, -0.2) is 0 Å². The molecule has 0 fully saturated rings. The highest BCUT2D eigenvalue weighted by Gasteiger charge is 2.04. The summed E-state index contributed by atoms with van der Waals surface area (Å²) >= 11 is 0. The third-order valence-corrected chi connectivity index (χ3v) is 2.28. The van der Waals surface area contributed by atoms with Crippen LogP contribution in [0.5, 0.6) is 0 Å². The summed E-state index contributed by atoms with van der Waals surface area (Å²) in [6.07, 6.45) is 14.9. The number of amides is 1. The maximum atomic E-state index is 11.0. The van der Waals surface area contributed by atoms with Gasteiger partial charge < -0.3 is 4.90 Å². The number of nitrogens with zero attached hydrogens (tertiary/aromatic N) is 1. The third-order valence-electron chi connectivity index (χ3n) is 2.28. The van der Waals surface area contributed by atoms with E-state index >= 15 is 0 Å². The number of rotatable bonds is 9. The van der Waals surface area contributed by atoms with Gasteiger partial charge in [-0.05, 0) is 18.1 Å². The third kappa shape index (κ3) is 17.9. The molecular formula is C21H35NO. The van der Waals surface area contributed by atoms with E-state index < -0.39 is 0 Å². The molecule has 0 aliphatic carbocycles. The molecule has 0 atom stereocenters. The molecule has 0 saturated heterocycles. The van der Waals surface area contributed by atoms with Crippen molar-refractivity contribution in [3.8, 4) is 0 Å². The van der Waals surface area contributed by atoms with Crippen LogP contribution in [0, 0.1) is 0 Å². The molecule has 1 amide bonds. The van der Waals surface area contributed by atoms with E-state index in [2.05, 4.69) is 33.6 Å². The first-order valence-corrected chi connectivity index (χ1v) is 8.20. The molecule has 0 spiro atoms. The average Bonchev–Trinajstić information content (AvgIpc) is 2.59. The van der Waals surface area contributed by atoms with Gasteiger partial charge in [0.15, 0.2) is 0 Å². The standard InChI is InChI=1S/C16H21NO.C3H8.C2H6/c1-5-9-11-16(8-4)13-17(14-18)12-15(7-3)10-6-2;1-3-2;1-2/h5-11,14H,2-4,12-13H2,1H3;3H2,1-2H3;1-2H3/b9-5-,15-10+,16-11+;;. The predicted molar refractivity (Wildman–Crippen MR) is 107 cm³/mol. The fourth-order valence-corrected chi connectivity index (χ4v) is 1.34. The van der Waals surface area contributed by atoms with Crippen molar-refractivity contribution in [1.29, 1.82) is 0 Å². The van der Waals surface area contributed by atoms with E-state index in [0.717, 1.165) is 17.6 Å².